The fourth-order valence-corrected chi connectivity index (χ4v) is 4.13. The number of hydrogen-bond donors (Lipinski definition) is 0. The third-order valence-corrected chi connectivity index (χ3v) is 5.76. The van der Waals surface area contributed by atoms with Crippen LogP contribution < -0.4 is 0 Å². The van der Waals surface area contributed by atoms with E-state index >= 15 is 0 Å². The summed E-state index contributed by atoms with van der Waals surface area (Å²) in [5.74, 6) is 0.590. The van der Waals surface area contributed by atoms with Crippen molar-refractivity contribution in [3.8, 4) is 0 Å². The fraction of sp³-hybridized carbons (Fsp3) is 0.278. The van der Waals surface area contributed by atoms with Gasteiger partial charge in [0.05, 0.1) is 15.2 Å². The molecule has 0 bridgehead atoms. The van der Waals surface area contributed by atoms with Gasteiger partial charge in [0.15, 0.2) is 0 Å². The van der Waals surface area contributed by atoms with Crippen LogP contribution in [0.4, 0.5) is 0 Å². The number of aromatic nitrogens is 1. The van der Waals surface area contributed by atoms with Crippen LogP contribution in [0.3, 0.4) is 0 Å². The Morgan fingerprint density at radius 3 is 2.57 bits per heavy atom. The van der Waals surface area contributed by atoms with Gasteiger partial charge in [0.1, 0.15) is 0 Å². The SMILES string of the molecule is Cc1ccccc1CC(CBr)Cc1nc2ccccc2s1. The van der Waals surface area contributed by atoms with Crippen molar-refractivity contribution in [2.45, 2.75) is 19.8 Å². The lowest BCUT2D eigenvalue weighted by Gasteiger charge is -2.14. The summed E-state index contributed by atoms with van der Waals surface area (Å²) in [6.45, 7) is 2.19. The Balaban J connectivity index is 1.76. The number of fused-ring (bicyclic) bond motifs is 1. The number of nitrogens with zero attached hydrogens (tertiary/aromatic N) is 1. The first-order valence-electron chi connectivity index (χ1n) is 7.21. The largest absolute Gasteiger partial charge is 0.241 e. The first-order valence-corrected chi connectivity index (χ1v) is 9.15. The van der Waals surface area contributed by atoms with E-state index in [4.69, 9.17) is 4.98 Å². The van der Waals surface area contributed by atoms with Gasteiger partial charge >= 0.3 is 0 Å². The van der Waals surface area contributed by atoms with E-state index in [-0.39, 0.29) is 0 Å². The van der Waals surface area contributed by atoms with Gasteiger partial charge in [0, 0.05) is 11.8 Å². The summed E-state index contributed by atoms with van der Waals surface area (Å²) in [5.41, 5.74) is 3.96. The summed E-state index contributed by atoms with van der Waals surface area (Å²) >= 11 is 5.50. The molecule has 0 spiro atoms. The zero-order valence-corrected chi connectivity index (χ0v) is 14.5. The van der Waals surface area contributed by atoms with Gasteiger partial charge in [-0.15, -0.1) is 11.3 Å². The lowest BCUT2D eigenvalue weighted by molar-refractivity contribution is 0.588. The number of aryl methyl sites for hydroxylation is 1. The Morgan fingerprint density at radius 2 is 1.81 bits per heavy atom. The molecule has 21 heavy (non-hydrogen) atoms. The lowest BCUT2D eigenvalue weighted by Crippen LogP contribution is -2.10. The number of benzene rings is 2. The molecule has 1 atom stereocenters. The van der Waals surface area contributed by atoms with Gasteiger partial charge in [-0.05, 0) is 42.5 Å². The molecule has 1 aromatic heterocycles. The minimum atomic E-state index is 0.590. The summed E-state index contributed by atoms with van der Waals surface area (Å²) in [6, 6.07) is 17.1. The van der Waals surface area contributed by atoms with Crippen molar-refractivity contribution in [3.63, 3.8) is 0 Å². The molecule has 0 fully saturated rings. The van der Waals surface area contributed by atoms with Crippen LogP contribution in [0.2, 0.25) is 0 Å². The van der Waals surface area contributed by atoms with E-state index in [1.807, 2.05) is 11.3 Å². The van der Waals surface area contributed by atoms with E-state index < -0.39 is 0 Å². The van der Waals surface area contributed by atoms with E-state index in [1.165, 1.54) is 20.8 Å². The number of thiazole rings is 1. The summed E-state index contributed by atoms with van der Waals surface area (Å²) in [5, 5.41) is 2.26. The van der Waals surface area contributed by atoms with Gasteiger partial charge in [-0.25, -0.2) is 4.98 Å². The molecule has 0 aliphatic carbocycles. The summed E-state index contributed by atoms with van der Waals surface area (Å²) in [4.78, 5) is 4.76. The van der Waals surface area contributed by atoms with Crippen molar-refractivity contribution in [1.29, 1.82) is 0 Å². The third kappa shape index (κ3) is 3.53. The average molecular weight is 360 g/mol. The van der Waals surface area contributed by atoms with Crippen molar-refractivity contribution in [2.24, 2.45) is 5.92 Å². The molecule has 2 aromatic carbocycles. The zero-order valence-electron chi connectivity index (χ0n) is 12.1. The van der Waals surface area contributed by atoms with Crippen LogP contribution in [-0.2, 0) is 12.8 Å². The second kappa shape index (κ2) is 6.71. The van der Waals surface area contributed by atoms with Crippen molar-refractivity contribution in [2.75, 3.05) is 5.33 Å². The summed E-state index contributed by atoms with van der Waals surface area (Å²) < 4.78 is 1.29. The number of rotatable bonds is 5. The molecule has 0 saturated carbocycles. The molecule has 108 valence electrons. The number of halogens is 1. The highest BCUT2D eigenvalue weighted by atomic mass is 79.9. The van der Waals surface area contributed by atoms with Crippen molar-refractivity contribution >= 4 is 37.5 Å². The van der Waals surface area contributed by atoms with Crippen LogP contribution in [-0.4, -0.2) is 10.3 Å². The molecule has 3 aromatic rings. The van der Waals surface area contributed by atoms with Gasteiger partial charge < -0.3 is 0 Å². The number of alkyl halides is 1. The van der Waals surface area contributed by atoms with Crippen LogP contribution in [0, 0.1) is 12.8 Å². The average Bonchev–Trinajstić information content (AvgIpc) is 2.91. The Kier molecular flexibility index (Phi) is 4.71. The topological polar surface area (TPSA) is 12.9 Å². The molecule has 1 nitrogen and oxygen atoms in total. The molecule has 3 heteroatoms. The quantitative estimate of drug-likeness (QED) is 0.555. The van der Waals surface area contributed by atoms with Gasteiger partial charge in [-0.1, -0.05) is 52.3 Å². The summed E-state index contributed by atoms with van der Waals surface area (Å²) in [7, 11) is 0. The van der Waals surface area contributed by atoms with Gasteiger partial charge in [-0.3, -0.25) is 0 Å². The molecular formula is C18H18BrNS. The maximum atomic E-state index is 4.76. The molecule has 0 radical (unpaired) electrons. The molecule has 1 heterocycles. The minimum absolute atomic E-state index is 0.590. The smallest absolute Gasteiger partial charge is 0.0941 e. The Labute approximate surface area is 138 Å². The van der Waals surface area contributed by atoms with Gasteiger partial charge in [0.2, 0.25) is 0 Å². The maximum absolute atomic E-state index is 4.76. The Hall–Kier alpha value is -1.19. The molecule has 1 unspecified atom stereocenters. The van der Waals surface area contributed by atoms with Crippen molar-refractivity contribution in [1.82, 2.24) is 4.98 Å². The molecule has 3 rings (SSSR count). The number of para-hydroxylation sites is 1. The first kappa shape index (κ1) is 14.7. The molecular weight excluding hydrogens is 342 g/mol. The van der Waals surface area contributed by atoms with Crippen LogP contribution in [0.25, 0.3) is 10.2 Å². The van der Waals surface area contributed by atoms with E-state index in [1.54, 1.807) is 0 Å². The van der Waals surface area contributed by atoms with Gasteiger partial charge in [-0.2, -0.15) is 0 Å². The predicted molar refractivity (Wildman–Crippen MR) is 95.5 cm³/mol. The van der Waals surface area contributed by atoms with Crippen LogP contribution in [0.15, 0.2) is 48.5 Å². The highest BCUT2D eigenvalue weighted by Crippen LogP contribution is 2.26. The Morgan fingerprint density at radius 1 is 1.05 bits per heavy atom. The molecule has 0 aliphatic rings. The standard InChI is InChI=1S/C18H18BrNS/c1-13-6-2-3-7-15(13)10-14(12-19)11-18-20-16-8-4-5-9-17(16)21-18/h2-9,14H,10-12H2,1H3. The van der Waals surface area contributed by atoms with Crippen LogP contribution >= 0.6 is 27.3 Å². The first-order chi connectivity index (χ1) is 10.3. The van der Waals surface area contributed by atoms with Crippen molar-refractivity contribution < 1.29 is 0 Å². The van der Waals surface area contributed by atoms with E-state index in [2.05, 4.69) is 71.4 Å². The second-order valence-electron chi connectivity index (χ2n) is 5.43. The van der Waals surface area contributed by atoms with E-state index in [0.29, 0.717) is 5.92 Å². The van der Waals surface area contributed by atoms with E-state index in [0.717, 1.165) is 23.7 Å². The molecule has 0 aliphatic heterocycles. The summed E-state index contributed by atoms with van der Waals surface area (Å²) in [6.07, 6.45) is 2.15. The molecule has 0 saturated heterocycles. The third-order valence-electron chi connectivity index (χ3n) is 3.79. The lowest BCUT2D eigenvalue weighted by atomic mass is 9.95. The highest BCUT2D eigenvalue weighted by Gasteiger charge is 2.13. The number of hydrogen-bond acceptors (Lipinski definition) is 2. The molecule has 0 N–H and O–H groups in total. The normalized spacial score (nSPS) is 12.7. The Bertz CT molecular complexity index is 702. The van der Waals surface area contributed by atoms with E-state index in [9.17, 15) is 0 Å². The molecule has 0 amide bonds. The van der Waals surface area contributed by atoms with Crippen LogP contribution in [0.1, 0.15) is 16.1 Å². The van der Waals surface area contributed by atoms with Crippen molar-refractivity contribution in [3.05, 3.63) is 64.7 Å². The monoisotopic (exact) mass is 359 g/mol. The fourth-order valence-electron chi connectivity index (χ4n) is 2.59. The second-order valence-corrected chi connectivity index (χ2v) is 7.19. The highest BCUT2D eigenvalue weighted by molar-refractivity contribution is 9.09. The van der Waals surface area contributed by atoms with Gasteiger partial charge in [0.25, 0.3) is 0 Å². The van der Waals surface area contributed by atoms with Crippen LogP contribution in [0.5, 0.6) is 0 Å². The zero-order chi connectivity index (χ0) is 14.7. The predicted octanol–water partition coefficient (Wildman–Crippen LogP) is 5.40. The maximum Gasteiger partial charge on any atom is 0.0941 e. The minimum Gasteiger partial charge on any atom is -0.241 e.